The molecule has 0 aromatic rings. The summed E-state index contributed by atoms with van der Waals surface area (Å²) in [4.78, 5) is 0. The Hall–Kier alpha value is -0.170. The first-order valence-electron chi connectivity index (χ1n) is 6.64. The van der Waals surface area contributed by atoms with E-state index in [-0.39, 0.29) is 18.9 Å². The molecule has 0 aromatic heterocycles. The fourth-order valence-electron chi connectivity index (χ4n) is 2.42. The van der Waals surface area contributed by atoms with Crippen LogP contribution in [-0.4, -0.2) is 44.6 Å². The molecular weight excluding hydrogens is 254 g/mol. The second-order valence-electron chi connectivity index (χ2n) is 5.26. The van der Waals surface area contributed by atoms with Crippen LogP contribution in [0.25, 0.3) is 0 Å². The lowest BCUT2D eigenvalue weighted by atomic mass is 9.79. The van der Waals surface area contributed by atoms with Gasteiger partial charge in [-0.3, -0.25) is 0 Å². The largest absolute Gasteiger partial charge is 0.389 e. The molecule has 0 radical (unpaired) electrons. The van der Waals surface area contributed by atoms with Crippen LogP contribution in [0.3, 0.4) is 0 Å². The van der Waals surface area contributed by atoms with Crippen molar-refractivity contribution in [1.82, 2.24) is 4.72 Å². The molecule has 108 valence electrons. The molecule has 0 bridgehead atoms. The normalized spacial score (nSPS) is 29.4. The summed E-state index contributed by atoms with van der Waals surface area (Å²) in [7, 11) is -3.34. The van der Waals surface area contributed by atoms with Crippen LogP contribution in [-0.2, 0) is 14.8 Å². The fraction of sp³-hybridized carbons (Fsp3) is 1.00. The fourth-order valence-corrected chi connectivity index (χ4v) is 3.39. The predicted molar refractivity (Wildman–Crippen MR) is 70.9 cm³/mol. The lowest BCUT2D eigenvalue weighted by Gasteiger charge is -2.35. The number of nitrogens with one attached hydrogen (secondary N) is 1. The highest BCUT2D eigenvalue weighted by Crippen LogP contribution is 2.31. The van der Waals surface area contributed by atoms with Crippen molar-refractivity contribution in [1.29, 1.82) is 0 Å². The Labute approximate surface area is 110 Å². The molecular formula is C12H25NO4S. The number of hydrogen-bond donors (Lipinski definition) is 2. The SMILES string of the molecule is CCOCCS(=O)(=O)NCC1(O)CCCC(C)C1. The van der Waals surface area contributed by atoms with Crippen molar-refractivity contribution in [2.75, 3.05) is 25.5 Å². The monoisotopic (exact) mass is 279 g/mol. The van der Waals surface area contributed by atoms with Gasteiger partial charge in [-0.1, -0.05) is 19.8 Å². The Balaban J connectivity index is 2.38. The van der Waals surface area contributed by atoms with E-state index in [1.54, 1.807) is 0 Å². The van der Waals surface area contributed by atoms with Gasteiger partial charge in [0.2, 0.25) is 10.0 Å². The van der Waals surface area contributed by atoms with Gasteiger partial charge in [0.1, 0.15) is 0 Å². The van der Waals surface area contributed by atoms with Gasteiger partial charge in [-0.05, 0) is 25.7 Å². The van der Waals surface area contributed by atoms with Crippen molar-refractivity contribution in [3.63, 3.8) is 0 Å². The van der Waals surface area contributed by atoms with E-state index in [0.29, 0.717) is 25.4 Å². The molecule has 0 saturated heterocycles. The van der Waals surface area contributed by atoms with Crippen LogP contribution in [0.4, 0.5) is 0 Å². The van der Waals surface area contributed by atoms with Gasteiger partial charge in [-0.25, -0.2) is 13.1 Å². The van der Waals surface area contributed by atoms with E-state index < -0.39 is 15.6 Å². The molecule has 1 fully saturated rings. The zero-order valence-electron chi connectivity index (χ0n) is 11.3. The van der Waals surface area contributed by atoms with Gasteiger partial charge in [0.25, 0.3) is 0 Å². The molecule has 1 aliphatic rings. The summed E-state index contributed by atoms with van der Waals surface area (Å²) < 4.78 is 30.9. The van der Waals surface area contributed by atoms with E-state index >= 15 is 0 Å². The molecule has 0 spiro atoms. The van der Waals surface area contributed by atoms with Crippen LogP contribution < -0.4 is 4.72 Å². The maximum Gasteiger partial charge on any atom is 0.213 e. The molecule has 5 nitrogen and oxygen atoms in total. The van der Waals surface area contributed by atoms with Crippen LogP contribution in [0.5, 0.6) is 0 Å². The minimum absolute atomic E-state index is 0.0491. The lowest BCUT2D eigenvalue weighted by molar-refractivity contribution is -0.00755. The summed E-state index contributed by atoms with van der Waals surface area (Å²) in [5, 5.41) is 10.3. The smallest absolute Gasteiger partial charge is 0.213 e. The summed E-state index contributed by atoms with van der Waals surface area (Å²) in [5.74, 6) is 0.406. The van der Waals surface area contributed by atoms with Gasteiger partial charge in [0.15, 0.2) is 0 Å². The zero-order chi connectivity index (χ0) is 13.6. The van der Waals surface area contributed by atoms with Crippen molar-refractivity contribution in [3.8, 4) is 0 Å². The molecule has 2 N–H and O–H groups in total. The third kappa shape index (κ3) is 5.65. The Bertz CT molecular complexity index is 344. The highest BCUT2D eigenvalue weighted by molar-refractivity contribution is 7.89. The quantitative estimate of drug-likeness (QED) is 0.678. The first-order valence-corrected chi connectivity index (χ1v) is 8.29. The zero-order valence-corrected chi connectivity index (χ0v) is 12.1. The summed E-state index contributed by atoms with van der Waals surface area (Å²) >= 11 is 0. The Kier molecular flexibility index (Phi) is 6.04. The molecule has 0 amide bonds. The Morgan fingerprint density at radius 2 is 2.22 bits per heavy atom. The molecule has 18 heavy (non-hydrogen) atoms. The van der Waals surface area contributed by atoms with E-state index in [1.807, 2.05) is 6.92 Å². The van der Waals surface area contributed by atoms with Crippen LogP contribution in [0.2, 0.25) is 0 Å². The second kappa shape index (κ2) is 6.84. The van der Waals surface area contributed by atoms with E-state index in [2.05, 4.69) is 11.6 Å². The summed E-state index contributed by atoms with van der Waals surface area (Å²) in [6.07, 6.45) is 3.41. The van der Waals surface area contributed by atoms with Gasteiger partial charge < -0.3 is 9.84 Å². The van der Waals surface area contributed by atoms with Crippen LogP contribution in [0.15, 0.2) is 0 Å². The Morgan fingerprint density at radius 1 is 1.50 bits per heavy atom. The van der Waals surface area contributed by atoms with E-state index in [1.165, 1.54) is 0 Å². The van der Waals surface area contributed by atoms with E-state index in [9.17, 15) is 13.5 Å². The lowest BCUT2D eigenvalue weighted by Crippen LogP contribution is -2.46. The van der Waals surface area contributed by atoms with Gasteiger partial charge >= 0.3 is 0 Å². The highest BCUT2D eigenvalue weighted by atomic mass is 32.2. The van der Waals surface area contributed by atoms with E-state index in [4.69, 9.17) is 4.74 Å². The highest BCUT2D eigenvalue weighted by Gasteiger charge is 2.33. The van der Waals surface area contributed by atoms with E-state index in [0.717, 1.165) is 12.8 Å². The number of hydrogen-bond acceptors (Lipinski definition) is 4. The van der Waals surface area contributed by atoms with Crippen molar-refractivity contribution in [3.05, 3.63) is 0 Å². The second-order valence-corrected chi connectivity index (χ2v) is 7.19. The van der Waals surface area contributed by atoms with Gasteiger partial charge in [0.05, 0.1) is 18.0 Å². The minimum Gasteiger partial charge on any atom is -0.389 e. The summed E-state index contributed by atoms with van der Waals surface area (Å²) in [5.41, 5.74) is -0.879. The summed E-state index contributed by atoms with van der Waals surface area (Å²) in [6.45, 7) is 4.74. The molecule has 0 heterocycles. The molecule has 1 rings (SSSR count). The van der Waals surface area contributed by atoms with Crippen molar-refractivity contribution in [2.24, 2.45) is 5.92 Å². The van der Waals surface area contributed by atoms with Crippen LogP contribution in [0, 0.1) is 5.92 Å². The number of rotatable bonds is 7. The molecule has 1 saturated carbocycles. The average Bonchev–Trinajstić information content (AvgIpc) is 2.27. The Morgan fingerprint density at radius 3 is 2.83 bits per heavy atom. The number of ether oxygens (including phenoxy) is 1. The van der Waals surface area contributed by atoms with Crippen molar-refractivity contribution in [2.45, 2.75) is 45.1 Å². The molecule has 6 heteroatoms. The van der Waals surface area contributed by atoms with Gasteiger partial charge in [-0.15, -0.1) is 0 Å². The van der Waals surface area contributed by atoms with Gasteiger partial charge in [0, 0.05) is 13.2 Å². The first kappa shape index (κ1) is 15.9. The number of aliphatic hydroxyl groups is 1. The maximum atomic E-state index is 11.7. The third-order valence-corrected chi connectivity index (χ3v) is 4.68. The third-order valence-electron chi connectivity index (χ3n) is 3.39. The maximum absolute atomic E-state index is 11.7. The van der Waals surface area contributed by atoms with Gasteiger partial charge in [-0.2, -0.15) is 0 Å². The molecule has 1 aliphatic carbocycles. The molecule has 2 atom stereocenters. The predicted octanol–water partition coefficient (Wildman–Crippen LogP) is 0.883. The first-order chi connectivity index (χ1) is 8.37. The average molecular weight is 279 g/mol. The minimum atomic E-state index is -3.34. The standard InChI is InChI=1S/C12H25NO4S/c1-3-17-7-8-18(15,16)13-10-12(14)6-4-5-11(2)9-12/h11,13-14H,3-10H2,1-2H3. The summed E-state index contributed by atoms with van der Waals surface area (Å²) in [6, 6.07) is 0. The molecule has 0 aromatic carbocycles. The van der Waals surface area contributed by atoms with Crippen molar-refractivity contribution >= 4 is 10.0 Å². The molecule has 0 aliphatic heterocycles. The van der Waals surface area contributed by atoms with Crippen molar-refractivity contribution < 1.29 is 18.3 Å². The number of sulfonamides is 1. The molecule has 2 unspecified atom stereocenters. The van der Waals surface area contributed by atoms with Crippen LogP contribution in [0.1, 0.15) is 39.5 Å². The van der Waals surface area contributed by atoms with Crippen LogP contribution >= 0.6 is 0 Å². The topological polar surface area (TPSA) is 75.6 Å².